The summed E-state index contributed by atoms with van der Waals surface area (Å²) in [7, 11) is 6.11. The molecular formula is C24H32BrClN2O6. The van der Waals surface area contributed by atoms with Crippen molar-refractivity contribution in [2.45, 2.75) is 23.8 Å². The molecule has 8 nitrogen and oxygen atoms in total. The van der Waals surface area contributed by atoms with Gasteiger partial charge in [-0.05, 0) is 35.4 Å². The summed E-state index contributed by atoms with van der Waals surface area (Å²) in [6.07, 6.45) is -0.846. The Labute approximate surface area is 214 Å². The van der Waals surface area contributed by atoms with Crippen molar-refractivity contribution in [3.05, 3.63) is 70.8 Å². The van der Waals surface area contributed by atoms with Crippen LogP contribution in [-0.4, -0.2) is 65.9 Å². The molecule has 2 N–H and O–H groups in total. The molecule has 34 heavy (non-hydrogen) atoms. The van der Waals surface area contributed by atoms with Gasteiger partial charge in [0, 0.05) is 50.8 Å². The minimum atomic E-state index is -0.430. The van der Waals surface area contributed by atoms with E-state index in [-0.39, 0.29) is 11.8 Å². The summed E-state index contributed by atoms with van der Waals surface area (Å²) in [6, 6.07) is 14.5. The Morgan fingerprint density at radius 2 is 1.09 bits per heavy atom. The molecule has 0 spiro atoms. The van der Waals surface area contributed by atoms with Crippen molar-refractivity contribution in [1.29, 1.82) is 0 Å². The van der Waals surface area contributed by atoms with Crippen LogP contribution >= 0.6 is 27.5 Å². The fourth-order valence-electron chi connectivity index (χ4n) is 2.57. The third-order valence-corrected chi connectivity index (χ3v) is 5.61. The lowest BCUT2D eigenvalue weighted by molar-refractivity contribution is -0.0975. The fourth-order valence-corrected chi connectivity index (χ4v) is 3.12. The molecule has 0 heterocycles. The summed E-state index contributed by atoms with van der Waals surface area (Å²) in [5.41, 5.74) is 3.33. The number of amides is 2. The van der Waals surface area contributed by atoms with E-state index >= 15 is 0 Å². The highest BCUT2D eigenvalue weighted by atomic mass is 79.9. The lowest BCUT2D eigenvalue weighted by Crippen LogP contribution is -2.34. The van der Waals surface area contributed by atoms with Crippen LogP contribution in [0, 0.1) is 0 Å². The molecule has 2 aromatic carbocycles. The van der Waals surface area contributed by atoms with Crippen molar-refractivity contribution in [3.63, 3.8) is 0 Å². The largest absolute Gasteiger partial charge is 0.354 e. The molecule has 0 atom stereocenters. The topological polar surface area (TPSA) is 95.1 Å². The number of benzene rings is 2. The van der Waals surface area contributed by atoms with Crippen LogP contribution < -0.4 is 10.6 Å². The van der Waals surface area contributed by atoms with Gasteiger partial charge in [-0.3, -0.25) is 9.59 Å². The predicted octanol–water partition coefficient (Wildman–Crippen LogP) is 3.70. The summed E-state index contributed by atoms with van der Waals surface area (Å²) in [6.45, 7) is 0.634. The molecule has 0 saturated carbocycles. The average Bonchev–Trinajstić information content (AvgIpc) is 2.90. The number of hydrogen-bond donors (Lipinski definition) is 2. The van der Waals surface area contributed by atoms with Crippen LogP contribution in [0.1, 0.15) is 31.8 Å². The number of ether oxygens (including phenoxy) is 4. The second kappa shape index (κ2) is 17.4. The van der Waals surface area contributed by atoms with E-state index in [0.29, 0.717) is 30.1 Å². The molecule has 10 heteroatoms. The van der Waals surface area contributed by atoms with E-state index < -0.39 is 12.6 Å². The molecule has 0 aliphatic heterocycles. The second-order valence-electron chi connectivity index (χ2n) is 6.88. The summed E-state index contributed by atoms with van der Waals surface area (Å²) in [4.78, 5) is 23.5. The average molecular weight is 560 g/mol. The maximum atomic E-state index is 11.7. The number of alkyl halides is 2. The minimum absolute atomic E-state index is 0.134. The van der Waals surface area contributed by atoms with Crippen LogP contribution in [0.2, 0.25) is 0 Å². The minimum Gasteiger partial charge on any atom is -0.354 e. The van der Waals surface area contributed by atoms with Gasteiger partial charge in [-0.2, -0.15) is 0 Å². The maximum Gasteiger partial charge on any atom is 0.251 e. The maximum absolute atomic E-state index is 11.7. The van der Waals surface area contributed by atoms with Gasteiger partial charge in [-0.25, -0.2) is 0 Å². The summed E-state index contributed by atoms with van der Waals surface area (Å²) in [5, 5.41) is 6.24. The zero-order chi connectivity index (χ0) is 25.3. The SMILES string of the molecule is COC(CNC(=O)c1ccc(CBr)cc1)OC.COC(CNC(=O)c1ccc(CCl)cc1)OC. The highest BCUT2D eigenvalue weighted by Crippen LogP contribution is 2.08. The highest BCUT2D eigenvalue weighted by Gasteiger charge is 2.10. The molecule has 188 valence electrons. The van der Waals surface area contributed by atoms with Gasteiger partial charge in [0.25, 0.3) is 11.8 Å². The first kappa shape index (κ1) is 30.0. The Kier molecular flexibility index (Phi) is 15.4. The normalized spacial score (nSPS) is 10.6. The third kappa shape index (κ3) is 10.9. The van der Waals surface area contributed by atoms with E-state index in [2.05, 4.69) is 26.6 Å². The van der Waals surface area contributed by atoms with Gasteiger partial charge in [0.15, 0.2) is 12.6 Å². The van der Waals surface area contributed by atoms with Crippen molar-refractivity contribution in [2.75, 3.05) is 41.5 Å². The van der Waals surface area contributed by atoms with E-state index in [9.17, 15) is 9.59 Å². The molecule has 0 bridgehead atoms. The highest BCUT2D eigenvalue weighted by molar-refractivity contribution is 9.08. The molecule has 0 unspecified atom stereocenters. The zero-order valence-electron chi connectivity index (χ0n) is 19.8. The van der Waals surface area contributed by atoms with Crippen LogP contribution in [0.4, 0.5) is 0 Å². The second-order valence-corrected chi connectivity index (χ2v) is 7.71. The fraction of sp³-hybridized carbons (Fsp3) is 0.417. The zero-order valence-corrected chi connectivity index (χ0v) is 22.1. The predicted molar refractivity (Wildman–Crippen MR) is 135 cm³/mol. The van der Waals surface area contributed by atoms with Gasteiger partial charge >= 0.3 is 0 Å². The van der Waals surface area contributed by atoms with Gasteiger partial charge in [0.05, 0.1) is 13.1 Å². The summed E-state index contributed by atoms with van der Waals surface area (Å²) in [5.74, 6) is 0.146. The molecule has 2 amide bonds. The molecule has 0 saturated heterocycles. The molecular weight excluding hydrogens is 528 g/mol. The van der Waals surface area contributed by atoms with Crippen LogP contribution in [0.25, 0.3) is 0 Å². The van der Waals surface area contributed by atoms with Gasteiger partial charge in [0.1, 0.15) is 0 Å². The lowest BCUT2D eigenvalue weighted by atomic mass is 10.1. The monoisotopic (exact) mass is 558 g/mol. The van der Waals surface area contributed by atoms with Crippen molar-refractivity contribution in [3.8, 4) is 0 Å². The van der Waals surface area contributed by atoms with Crippen LogP contribution in [0.5, 0.6) is 0 Å². The molecule has 0 aromatic heterocycles. The Bertz CT molecular complexity index is 772. The number of carbonyl (C=O) groups is 2. The molecule has 2 rings (SSSR count). The molecule has 0 radical (unpaired) electrons. The smallest absolute Gasteiger partial charge is 0.251 e. The molecule has 0 fully saturated rings. The van der Waals surface area contributed by atoms with E-state index in [1.54, 1.807) is 24.3 Å². The number of methoxy groups -OCH3 is 4. The standard InChI is InChI=1S/C12H16BrNO3.C12H16ClNO3/c2*1-16-11(17-2)8-14-12(15)10-5-3-9(7-13)4-6-10/h2*3-6,11H,7-8H2,1-2H3,(H,14,15). The first-order valence-electron chi connectivity index (χ1n) is 10.4. The van der Waals surface area contributed by atoms with E-state index in [4.69, 9.17) is 30.5 Å². The summed E-state index contributed by atoms with van der Waals surface area (Å²) < 4.78 is 19.9. The molecule has 0 aliphatic rings. The van der Waals surface area contributed by atoms with Gasteiger partial charge < -0.3 is 29.6 Å². The van der Waals surface area contributed by atoms with E-state index in [1.807, 2.05) is 24.3 Å². The number of carbonyl (C=O) groups excluding carboxylic acids is 2. The van der Waals surface area contributed by atoms with Gasteiger partial charge in [-0.15, -0.1) is 11.6 Å². The first-order valence-corrected chi connectivity index (χ1v) is 12.0. The Hall–Kier alpha value is -2.01. The number of rotatable bonds is 12. The van der Waals surface area contributed by atoms with Gasteiger partial charge in [0.2, 0.25) is 0 Å². The summed E-state index contributed by atoms with van der Waals surface area (Å²) >= 11 is 9.02. The van der Waals surface area contributed by atoms with E-state index in [0.717, 1.165) is 16.5 Å². The Balaban J connectivity index is 0.000000340. The molecule has 0 aliphatic carbocycles. The van der Waals surface area contributed by atoms with Gasteiger partial charge in [-0.1, -0.05) is 40.2 Å². The number of nitrogens with one attached hydrogen (secondary N) is 2. The van der Waals surface area contributed by atoms with E-state index in [1.165, 1.54) is 28.4 Å². The Morgan fingerprint density at radius 1 is 0.735 bits per heavy atom. The first-order chi connectivity index (χ1) is 16.4. The van der Waals surface area contributed by atoms with Crippen LogP contribution in [0.15, 0.2) is 48.5 Å². The third-order valence-electron chi connectivity index (χ3n) is 4.65. The number of halogens is 2. The van der Waals surface area contributed by atoms with Crippen LogP contribution in [-0.2, 0) is 30.2 Å². The lowest BCUT2D eigenvalue weighted by Gasteiger charge is -2.14. The molecule has 2 aromatic rings. The Morgan fingerprint density at radius 3 is 1.38 bits per heavy atom. The van der Waals surface area contributed by atoms with Crippen molar-refractivity contribution >= 4 is 39.3 Å². The van der Waals surface area contributed by atoms with Crippen molar-refractivity contribution in [2.24, 2.45) is 0 Å². The van der Waals surface area contributed by atoms with Crippen LogP contribution in [0.3, 0.4) is 0 Å². The quantitative estimate of drug-likeness (QED) is 0.304. The number of hydrogen-bond acceptors (Lipinski definition) is 6. The van der Waals surface area contributed by atoms with Crippen molar-refractivity contribution in [1.82, 2.24) is 10.6 Å². The van der Waals surface area contributed by atoms with Crippen molar-refractivity contribution < 1.29 is 28.5 Å².